The summed E-state index contributed by atoms with van der Waals surface area (Å²) in [4.78, 5) is 23.3. The van der Waals surface area contributed by atoms with Gasteiger partial charge in [-0.25, -0.2) is 5.43 Å². The number of nitro groups is 1. The number of ether oxygens (including phenoxy) is 1. The second-order valence-electron chi connectivity index (χ2n) is 6.20. The molecular formula is C21H15N3O4. The highest BCUT2D eigenvalue weighted by molar-refractivity contribution is 5.90. The van der Waals surface area contributed by atoms with Crippen molar-refractivity contribution in [3.8, 4) is 11.5 Å². The van der Waals surface area contributed by atoms with Gasteiger partial charge in [-0.1, -0.05) is 48.5 Å². The third-order valence-electron chi connectivity index (χ3n) is 4.41. The van der Waals surface area contributed by atoms with Gasteiger partial charge < -0.3 is 4.74 Å². The van der Waals surface area contributed by atoms with Gasteiger partial charge in [-0.2, -0.15) is 5.10 Å². The molecule has 138 valence electrons. The van der Waals surface area contributed by atoms with Gasteiger partial charge in [0.25, 0.3) is 11.6 Å². The Hall–Kier alpha value is -4.00. The number of nitrogens with zero attached hydrogens (tertiary/aromatic N) is 2. The number of rotatable bonds is 4. The van der Waals surface area contributed by atoms with E-state index in [1.165, 1.54) is 18.3 Å². The molecular weight excluding hydrogens is 358 g/mol. The van der Waals surface area contributed by atoms with Crippen LogP contribution in [0.1, 0.15) is 22.6 Å². The first-order valence-corrected chi connectivity index (χ1v) is 8.56. The maximum atomic E-state index is 12.9. The number of hydrogen-bond acceptors (Lipinski definition) is 5. The molecule has 1 N–H and O–H groups in total. The normalized spacial score (nSPS) is 12.7. The Labute approximate surface area is 160 Å². The van der Waals surface area contributed by atoms with Crippen LogP contribution in [0, 0.1) is 10.1 Å². The molecule has 7 nitrogen and oxygen atoms in total. The van der Waals surface area contributed by atoms with E-state index in [0.29, 0.717) is 17.1 Å². The van der Waals surface area contributed by atoms with Crippen LogP contribution in [0.4, 0.5) is 5.69 Å². The van der Waals surface area contributed by atoms with Crippen LogP contribution in [0.3, 0.4) is 0 Å². The van der Waals surface area contributed by atoms with E-state index in [-0.39, 0.29) is 11.6 Å². The average Bonchev–Trinajstić information content (AvgIpc) is 2.72. The molecule has 0 spiro atoms. The predicted molar refractivity (Wildman–Crippen MR) is 104 cm³/mol. The van der Waals surface area contributed by atoms with Crippen LogP contribution in [-0.2, 0) is 4.79 Å². The SMILES string of the molecule is O=C(N/N=C\c1cccc([N+](=O)[O-])c1)C1c2ccccc2Oc2ccccc21. The molecule has 3 aromatic carbocycles. The molecule has 3 aromatic rings. The number of nitrogens with one attached hydrogen (secondary N) is 1. The molecule has 1 heterocycles. The van der Waals surface area contributed by atoms with Crippen molar-refractivity contribution in [3.63, 3.8) is 0 Å². The minimum absolute atomic E-state index is 0.0393. The largest absolute Gasteiger partial charge is 0.457 e. The quantitative estimate of drug-likeness (QED) is 0.425. The maximum Gasteiger partial charge on any atom is 0.270 e. The number of carbonyl (C=O) groups excluding carboxylic acids is 1. The first-order valence-electron chi connectivity index (χ1n) is 8.56. The summed E-state index contributed by atoms with van der Waals surface area (Å²) in [5.74, 6) is 0.376. The van der Waals surface area contributed by atoms with Crippen molar-refractivity contribution in [3.05, 3.63) is 99.6 Å². The highest BCUT2D eigenvalue weighted by Gasteiger charge is 2.32. The van der Waals surface area contributed by atoms with Crippen LogP contribution in [0.5, 0.6) is 11.5 Å². The fraction of sp³-hybridized carbons (Fsp3) is 0.0476. The van der Waals surface area contributed by atoms with Crippen molar-refractivity contribution >= 4 is 17.8 Å². The minimum Gasteiger partial charge on any atom is -0.457 e. The molecule has 0 aromatic heterocycles. The van der Waals surface area contributed by atoms with Gasteiger partial charge in [-0.3, -0.25) is 14.9 Å². The van der Waals surface area contributed by atoms with Crippen molar-refractivity contribution in [1.82, 2.24) is 5.43 Å². The van der Waals surface area contributed by atoms with E-state index in [1.54, 1.807) is 12.1 Å². The lowest BCUT2D eigenvalue weighted by Crippen LogP contribution is -2.28. The van der Waals surface area contributed by atoms with Gasteiger partial charge in [-0.05, 0) is 12.1 Å². The van der Waals surface area contributed by atoms with Gasteiger partial charge in [0.1, 0.15) is 11.5 Å². The van der Waals surface area contributed by atoms with Gasteiger partial charge in [0.2, 0.25) is 0 Å². The fourth-order valence-electron chi connectivity index (χ4n) is 3.15. The Bertz CT molecular complexity index is 1050. The lowest BCUT2D eigenvalue weighted by Gasteiger charge is -2.26. The second kappa shape index (κ2) is 7.32. The van der Waals surface area contributed by atoms with Crippen LogP contribution in [0.15, 0.2) is 77.9 Å². The van der Waals surface area contributed by atoms with Crippen LogP contribution in [0.25, 0.3) is 0 Å². The molecule has 4 rings (SSSR count). The van der Waals surface area contributed by atoms with E-state index in [1.807, 2.05) is 48.5 Å². The molecule has 0 saturated heterocycles. The number of nitro benzene ring substituents is 1. The van der Waals surface area contributed by atoms with Crippen molar-refractivity contribution in [2.45, 2.75) is 5.92 Å². The third-order valence-corrected chi connectivity index (χ3v) is 4.41. The van der Waals surface area contributed by atoms with E-state index in [2.05, 4.69) is 10.5 Å². The molecule has 0 bridgehead atoms. The Morgan fingerprint density at radius 1 is 1.00 bits per heavy atom. The number of benzene rings is 3. The van der Waals surface area contributed by atoms with Gasteiger partial charge in [-0.15, -0.1) is 0 Å². The van der Waals surface area contributed by atoms with Crippen LogP contribution in [0.2, 0.25) is 0 Å². The molecule has 0 saturated carbocycles. The van der Waals surface area contributed by atoms with Gasteiger partial charge in [0, 0.05) is 28.8 Å². The zero-order chi connectivity index (χ0) is 19.5. The number of hydrazone groups is 1. The zero-order valence-corrected chi connectivity index (χ0v) is 14.6. The highest BCUT2D eigenvalue weighted by Crippen LogP contribution is 2.43. The number of amides is 1. The van der Waals surface area contributed by atoms with E-state index in [4.69, 9.17) is 4.74 Å². The summed E-state index contributed by atoms with van der Waals surface area (Å²) in [7, 11) is 0. The van der Waals surface area contributed by atoms with E-state index < -0.39 is 10.8 Å². The first-order chi connectivity index (χ1) is 13.6. The predicted octanol–water partition coefficient (Wildman–Crippen LogP) is 3.98. The topological polar surface area (TPSA) is 93.8 Å². The van der Waals surface area contributed by atoms with Crippen LogP contribution < -0.4 is 10.2 Å². The molecule has 0 atom stereocenters. The molecule has 7 heteroatoms. The Balaban J connectivity index is 1.59. The van der Waals surface area contributed by atoms with Gasteiger partial charge in [0.05, 0.1) is 17.1 Å². The summed E-state index contributed by atoms with van der Waals surface area (Å²) in [5, 5.41) is 14.8. The van der Waals surface area contributed by atoms with E-state index >= 15 is 0 Å². The summed E-state index contributed by atoms with van der Waals surface area (Å²) >= 11 is 0. The zero-order valence-electron chi connectivity index (χ0n) is 14.6. The number of non-ortho nitro benzene ring substituents is 1. The summed E-state index contributed by atoms with van der Waals surface area (Å²) < 4.78 is 5.88. The minimum atomic E-state index is -0.566. The smallest absolute Gasteiger partial charge is 0.270 e. The molecule has 1 aliphatic heterocycles. The van der Waals surface area contributed by atoms with Crippen molar-refractivity contribution in [2.75, 3.05) is 0 Å². The Kier molecular flexibility index (Phi) is 4.55. The summed E-state index contributed by atoms with van der Waals surface area (Å²) in [6, 6.07) is 20.7. The number of hydrogen-bond donors (Lipinski definition) is 1. The van der Waals surface area contributed by atoms with Crippen molar-refractivity contribution < 1.29 is 14.5 Å². The van der Waals surface area contributed by atoms with Crippen molar-refractivity contribution in [1.29, 1.82) is 0 Å². The first kappa shape index (κ1) is 17.4. The fourth-order valence-corrected chi connectivity index (χ4v) is 3.15. The summed E-state index contributed by atoms with van der Waals surface area (Å²) in [5.41, 5.74) is 4.52. The molecule has 0 radical (unpaired) electrons. The Morgan fingerprint density at radius 3 is 2.29 bits per heavy atom. The van der Waals surface area contributed by atoms with Crippen LogP contribution >= 0.6 is 0 Å². The average molecular weight is 373 g/mol. The molecule has 1 aliphatic rings. The number of carbonyl (C=O) groups is 1. The van der Waals surface area contributed by atoms with Gasteiger partial charge >= 0.3 is 0 Å². The summed E-state index contributed by atoms with van der Waals surface area (Å²) in [6.07, 6.45) is 1.38. The van der Waals surface area contributed by atoms with Crippen molar-refractivity contribution in [2.24, 2.45) is 5.10 Å². The lowest BCUT2D eigenvalue weighted by molar-refractivity contribution is -0.384. The molecule has 0 aliphatic carbocycles. The second-order valence-corrected chi connectivity index (χ2v) is 6.20. The third kappa shape index (κ3) is 3.33. The Morgan fingerprint density at radius 2 is 1.64 bits per heavy atom. The van der Waals surface area contributed by atoms with Gasteiger partial charge in [0.15, 0.2) is 0 Å². The van der Waals surface area contributed by atoms with Crippen LogP contribution in [-0.4, -0.2) is 17.0 Å². The number of fused-ring (bicyclic) bond motifs is 2. The maximum absolute atomic E-state index is 12.9. The van der Waals surface area contributed by atoms with E-state index in [9.17, 15) is 14.9 Å². The molecule has 0 fully saturated rings. The summed E-state index contributed by atoms with van der Waals surface area (Å²) in [6.45, 7) is 0. The molecule has 1 amide bonds. The monoisotopic (exact) mass is 373 g/mol. The standard InChI is InChI=1S/C21H15N3O4/c25-21(23-22-13-14-6-5-7-15(12-14)24(26)27)20-16-8-1-3-10-18(16)28-19-11-4-2-9-17(19)20/h1-13,20H,(H,23,25)/b22-13-. The van der Waals surface area contributed by atoms with E-state index in [0.717, 1.165) is 11.1 Å². The molecule has 0 unspecified atom stereocenters. The lowest BCUT2D eigenvalue weighted by atomic mass is 9.87. The highest BCUT2D eigenvalue weighted by atomic mass is 16.6. The molecule has 28 heavy (non-hydrogen) atoms. The number of para-hydroxylation sites is 2.